The molecule has 1 aromatic heterocycles. The molecule has 1 aromatic carbocycles. The van der Waals surface area contributed by atoms with E-state index in [1.165, 1.54) is 16.9 Å². The van der Waals surface area contributed by atoms with Crippen LogP contribution >= 0.6 is 11.3 Å². The summed E-state index contributed by atoms with van der Waals surface area (Å²) < 4.78 is 0. The highest BCUT2D eigenvalue weighted by atomic mass is 32.1. The average molecular weight is 327 g/mol. The van der Waals surface area contributed by atoms with Crippen molar-refractivity contribution in [3.63, 3.8) is 0 Å². The van der Waals surface area contributed by atoms with E-state index in [0.29, 0.717) is 11.6 Å². The van der Waals surface area contributed by atoms with Crippen molar-refractivity contribution < 1.29 is 4.79 Å². The number of anilines is 1. The molecule has 0 bridgehead atoms. The molecule has 4 nitrogen and oxygen atoms in total. The number of nitrogen functional groups attached to an aromatic ring is 1. The highest BCUT2D eigenvalue weighted by molar-refractivity contribution is 7.14. The van der Waals surface area contributed by atoms with Gasteiger partial charge in [-0.1, -0.05) is 19.1 Å². The van der Waals surface area contributed by atoms with Crippen molar-refractivity contribution in [2.24, 2.45) is 11.0 Å². The number of nitrogens with zero attached hydrogens (tertiary/aromatic N) is 1. The van der Waals surface area contributed by atoms with Gasteiger partial charge in [-0.2, -0.15) is 5.10 Å². The van der Waals surface area contributed by atoms with Crippen LogP contribution in [0.1, 0.15) is 45.9 Å². The van der Waals surface area contributed by atoms with Crippen LogP contribution in [0.5, 0.6) is 0 Å². The number of hydrazone groups is 1. The molecule has 1 heterocycles. The Morgan fingerprint density at radius 3 is 2.83 bits per heavy atom. The fourth-order valence-electron chi connectivity index (χ4n) is 2.80. The number of benzene rings is 1. The molecule has 0 saturated carbocycles. The molecule has 0 unspecified atom stereocenters. The zero-order valence-electron chi connectivity index (χ0n) is 13.4. The highest BCUT2D eigenvalue weighted by Crippen LogP contribution is 2.32. The maximum Gasteiger partial charge on any atom is 0.281 e. The first-order chi connectivity index (χ1) is 11.0. The summed E-state index contributed by atoms with van der Waals surface area (Å²) in [4.78, 5) is 14.4. The highest BCUT2D eigenvalue weighted by Gasteiger charge is 2.20. The Bertz CT molecular complexity index is 746. The number of carbonyl (C=O) groups is 1. The lowest BCUT2D eigenvalue weighted by Gasteiger charge is -2.16. The topological polar surface area (TPSA) is 67.5 Å². The molecule has 0 radical (unpaired) electrons. The zero-order chi connectivity index (χ0) is 16.4. The zero-order valence-corrected chi connectivity index (χ0v) is 14.2. The molecule has 0 spiro atoms. The number of fused-ring (bicyclic) bond motifs is 1. The fraction of sp³-hybridized carbons (Fsp3) is 0.333. The number of carbonyl (C=O) groups excluding carboxylic acids is 1. The molecule has 1 aliphatic rings. The Balaban J connectivity index is 1.69. The van der Waals surface area contributed by atoms with Gasteiger partial charge in [0.05, 0.1) is 10.6 Å². The van der Waals surface area contributed by atoms with Crippen molar-refractivity contribution in [1.29, 1.82) is 0 Å². The second-order valence-electron chi connectivity index (χ2n) is 6.17. The Hall–Kier alpha value is -2.14. The molecule has 1 aliphatic carbocycles. The molecule has 120 valence electrons. The minimum absolute atomic E-state index is 0.133. The van der Waals surface area contributed by atoms with E-state index in [-0.39, 0.29) is 5.91 Å². The minimum atomic E-state index is -0.133. The lowest BCUT2D eigenvalue weighted by atomic mass is 9.90. The summed E-state index contributed by atoms with van der Waals surface area (Å²) >= 11 is 1.60. The smallest absolute Gasteiger partial charge is 0.281 e. The van der Waals surface area contributed by atoms with Gasteiger partial charge < -0.3 is 5.73 Å². The van der Waals surface area contributed by atoms with Crippen LogP contribution in [0, 0.1) is 5.92 Å². The van der Waals surface area contributed by atoms with Crippen molar-refractivity contribution in [2.75, 3.05) is 5.73 Å². The third kappa shape index (κ3) is 3.62. The largest absolute Gasteiger partial charge is 0.399 e. The number of thiophene rings is 1. The Morgan fingerprint density at radius 2 is 2.09 bits per heavy atom. The van der Waals surface area contributed by atoms with Gasteiger partial charge in [0, 0.05) is 10.6 Å². The molecule has 23 heavy (non-hydrogen) atoms. The van der Waals surface area contributed by atoms with E-state index in [1.54, 1.807) is 11.3 Å². The Labute approximate surface area is 140 Å². The third-order valence-corrected chi connectivity index (χ3v) is 5.44. The van der Waals surface area contributed by atoms with Crippen LogP contribution in [0.15, 0.2) is 35.4 Å². The van der Waals surface area contributed by atoms with Crippen LogP contribution in [0.4, 0.5) is 5.69 Å². The molecule has 0 saturated heterocycles. The van der Waals surface area contributed by atoms with Gasteiger partial charge in [-0.3, -0.25) is 4.79 Å². The van der Waals surface area contributed by atoms with Crippen LogP contribution in [0.25, 0.3) is 0 Å². The molecule has 0 fully saturated rings. The molecule has 3 N–H and O–H groups in total. The predicted octanol–water partition coefficient (Wildman–Crippen LogP) is 3.61. The van der Waals surface area contributed by atoms with Gasteiger partial charge in [0.25, 0.3) is 5.91 Å². The van der Waals surface area contributed by atoms with Crippen LogP contribution < -0.4 is 11.2 Å². The summed E-state index contributed by atoms with van der Waals surface area (Å²) in [5, 5.41) is 4.20. The monoisotopic (exact) mass is 327 g/mol. The Morgan fingerprint density at radius 1 is 1.35 bits per heavy atom. The predicted molar refractivity (Wildman–Crippen MR) is 96.0 cm³/mol. The number of hydrogen-bond acceptors (Lipinski definition) is 4. The second-order valence-corrected chi connectivity index (χ2v) is 7.30. The molecule has 3 rings (SSSR count). The van der Waals surface area contributed by atoms with Gasteiger partial charge in [0.15, 0.2) is 0 Å². The normalized spacial score (nSPS) is 17.7. The van der Waals surface area contributed by atoms with Gasteiger partial charge in [-0.15, -0.1) is 11.3 Å². The van der Waals surface area contributed by atoms with Gasteiger partial charge in [0.1, 0.15) is 0 Å². The van der Waals surface area contributed by atoms with Crippen molar-refractivity contribution in [2.45, 2.75) is 33.1 Å². The SMILES string of the molecule is C/C(=N/NC(=O)c1cc2c(s1)CC[C@H](C)C2)c1ccc(N)cc1. The molecule has 2 aromatic rings. The van der Waals surface area contributed by atoms with E-state index in [4.69, 9.17) is 5.73 Å². The van der Waals surface area contributed by atoms with E-state index in [1.807, 2.05) is 37.3 Å². The van der Waals surface area contributed by atoms with Crippen LogP contribution in [-0.4, -0.2) is 11.6 Å². The van der Waals surface area contributed by atoms with Gasteiger partial charge in [-0.25, -0.2) is 5.43 Å². The summed E-state index contributed by atoms with van der Waals surface area (Å²) in [7, 11) is 0. The molecular formula is C18H21N3OS. The first kappa shape index (κ1) is 15.7. The molecule has 1 amide bonds. The summed E-state index contributed by atoms with van der Waals surface area (Å²) in [6.45, 7) is 4.13. The second kappa shape index (κ2) is 6.54. The summed E-state index contributed by atoms with van der Waals surface area (Å²) in [5.41, 5.74) is 12.1. The van der Waals surface area contributed by atoms with Gasteiger partial charge in [-0.05, 0) is 61.4 Å². The molecule has 5 heteroatoms. The standard InChI is InChI=1S/C18H21N3OS/c1-11-3-8-16-14(9-11)10-17(23-16)18(22)21-20-12(2)13-4-6-15(19)7-5-13/h4-7,10-11H,3,8-9,19H2,1-2H3,(H,21,22)/b20-12-/t11-/m0/s1. The maximum absolute atomic E-state index is 12.3. The minimum Gasteiger partial charge on any atom is -0.399 e. The average Bonchev–Trinajstić information content (AvgIpc) is 2.96. The van der Waals surface area contributed by atoms with Crippen LogP contribution in [-0.2, 0) is 12.8 Å². The van der Waals surface area contributed by atoms with Crippen molar-refractivity contribution in [3.05, 3.63) is 51.2 Å². The van der Waals surface area contributed by atoms with E-state index < -0.39 is 0 Å². The van der Waals surface area contributed by atoms with Crippen LogP contribution in [0.2, 0.25) is 0 Å². The van der Waals surface area contributed by atoms with E-state index in [2.05, 4.69) is 17.5 Å². The fourth-order valence-corrected chi connectivity index (χ4v) is 3.89. The first-order valence-electron chi connectivity index (χ1n) is 7.85. The number of rotatable bonds is 3. The van der Waals surface area contributed by atoms with Crippen LogP contribution in [0.3, 0.4) is 0 Å². The number of amides is 1. The quantitative estimate of drug-likeness (QED) is 0.514. The number of nitrogens with one attached hydrogen (secondary N) is 1. The summed E-state index contributed by atoms with van der Waals surface area (Å²) in [6.07, 6.45) is 3.37. The van der Waals surface area contributed by atoms with Crippen molar-refractivity contribution in [3.8, 4) is 0 Å². The van der Waals surface area contributed by atoms with Gasteiger partial charge >= 0.3 is 0 Å². The van der Waals surface area contributed by atoms with E-state index in [0.717, 1.165) is 29.0 Å². The number of hydrogen-bond donors (Lipinski definition) is 2. The molecular weight excluding hydrogens is 306 g/mol. The molecule has 0 aliphatic heterocycles. The first-order valence-corrected chi connectivity index (χ1v) is 8.66. The van der Waals surface area contributed by atoms with E-state index in [9.17, 15) is 4.79 Å². The number of aryl methyl sites for hydroxylation is 1. The van der Waals surface area contributed by atoms with Crippen molar-refractivity contribution in [1.82, 2.24) is 5.43 Å². The Kier molecular flexibility index (Phi) is 4.48. The van der Waals surface area contributed by atoms with Gasteiger partial charge in [0.2, 0.25) is 0 Å². The summed E-state index contributed by atoms with van der Waals surface area (Å²) in [5.74, 6) is 0.575. The molecule has 1 atom stereocenters. The maximum atomic E-state index is 12.3. The lowest BCUT2D eigenvalue weighted by Crippen LogP contribution is -2.18. The van der Waals surface area contributed by atoms with E-state index >= 15 is 0 Å². The number of nitrogens with two attached hydrogens (primary N) is 1. The summed E-state index contributed by atoms with van der Waals surface area (Å²) in [6, 6.07) is 9.46. The lowest BCUT2D eigenvalue weighted by molar-refractivity contribution is 0.0959. The third-order valence-electron chi connectivity index (χ3n) is 4.21. The van der Waals surface area contributed by atoms with Crippen molar-refractivity contribution >= 4 is 28.6 Å².